The third-order valence-corrected chi connectivity index (χ3v) is 8.02. The van der Waals surface area contributed by atoms with E-state index in [4.69, 9.17) is 22.1 Å². The van der Waals surface area contributed by atoms with Gasteiger partial charge in [-0.25, -0.2) is 5.01 Å². The molecule has 1 saturated carbocycles. The molecule has 1 aliphatic heterocycles. The third-order valence-electron chi connectivity index (χ3n) is 7.81. The fourth-order valence-electron chi connectivity index (χ4n) is 5.11. The van der Waals surface area contributed by atoms with Crippen LogP contribution in [-0.2, 0) is 9.59 Å². The molecule has 8 heteroatoms. The van der Waals surface area contributed by atoms with Gasteiger partial charge in [-0.1, -0.05) is 52.9 Å². The molecule has 38 heavy (non-hydrogen) atoms. The molecule has 0 bridgehead atoms. The first-order valence-electron chi connectivity index (χ1n) is 13.8. The van der Waals surface area contributed by atoms with E-state index in [2.05, 4.69) is 32.7 Å². The maximum Gasteiger partial charge on any atom is 0.275 e. The summed E-state index contributed by atoms with van der Waals surface area (Å²) in [6.45, 7) is 16.8. The second kappa shape index (κ2) is 12.7. The zero-order valence-electron chi connectivity index (χ0n) is 23.7. The second-order valence-electron chi connectivity index (χ2n) is 10.1. The van der Waals surface area contributed by atoms with E-state index in [1.165, 1.54) is 0 Å². The van der Waals surface area contributed by atoms with Crippen molar-refractivity contribution >= 4 is 40.9 Å². The van der Waals surface area contributed by atoms with E-state index in [9.17, 15) is 9.59 Å². The molecule has 1 unspecified atom stereocenters. The summed E-state index contributed by atoms with van der Waals surface area (Å²) in [5.74, 6) is 1.16. The first kappa shape index (κ1) is 29.6. The van der Waals surface area contributed by atoms with Crippen LogP contribution in [0.15, 0.2) is 46.8 Å². The lowest BCUT2D eigenvalue weighted by Crippen LogP contribution is -2.59. The van der Waals surface area contributed by atoms with E-state index < -0.39 is 5.54 Å². The van der Waals surface area contributed by atoms with Crippen molar-refractivity contribution in [2.45, 2.75) is 92.0 Å². The topological polar surface area (TPSA) is 74.2 Å². The lowest BCUT2D eigenvalue weighted by atomic mass is 9.71. The van der Waals surface area contributed by atoms with E-state index in [0.29, 0.717) is 42.3 Å². The normalized spacial score (nSPS) is 18.5. The van der Waals surface area contributed by atoms with Gasteiger partial charge in [0, 0.05) is 17.8 Å². The summed E-state index contributed by atoms with van der Waals surface area (Å²) in [7, 11) is 0. The maximum atomic E-state index is 13.6. The van der Waals surface area contributed by atoms with E-state index in [1.807, 2.05) is 43.9 Å². The molecular formula is C30H42N4O3S. The van der Waals surface area contributed by atoms with Gasteiger partial charge in [0.2, 0.25) is 0 Å². The van der Waals surface area contributed by atoms with Gasteiger partial charge in [-0.05, 0) is 75.6 Å². The number of anilines is 1. The number of thiocarbonyl (C=S) groups is 1. The van der Waals surface area contributed by atoms with Crippen molar-refractivity contribution in [1.29, 1.82) is 0 Å². The lowest BCUT2D eigenvalue weighted by Gasteiger charge is -2.48. The summed E-state index contributed by atoms with van der Waals surface area (Å²) in [5.41, 5.74) is 4.61. The first-order chi connectivity index (χ1) is 18.2. The highest BCUT2D eigenvalue weighted by Gasteiger charge is 2.47. The van der Waals surface area contributed by atoms with Gasteiger partial charge < -0.3 is 15.0 Å². The highest BCUT2D eigenvalue weighted by molar-refractivity contribution is 7.79. The largest absolute Gasteiger partial charge is 0.493 e. The Morgan fingerprint density at radius 2 is 2.03 bits per heavy atom. The molecule has 0 saturated heterocycles. The molecule has 0 aromatic heterocycles. The number of nitrogens with zero attached hydrogens (tertiary/aromatic N) is 3. The van der Waals surface area contributed by atoms with Crippen LogP contribution < -0.4 is 15.0 Å². The minimum Gasteiger partial charge on any atom is -0.493 e. The van der Waals surface area contributed by atoms with Gasteiger partial charge >= 0.3 is 0 Å². The molecule has 1 heterocycles. The predicted molar refractivity (Wildman–Crippen MR) is 158 cm³/mol. The highest BCUT2D eigenvalue weighted by atomic mass is 32.1. The number of Topliss-reactive ketones (excluding diaryl/α,β-unsaturated/α-hetero) is 1. The van der Waals surface area contributed by atoms with Crippen molar-refractivity contribution in [2.75, 3.05) is 11.5 Å². The van der Waals surface area contributed by atoms with Gasteiger partial charge in [0.05, 0.1) is 17.7 Å². The molecule has 1 atom stereocenters. The number of nitrogens with one attached hydrogen (secondary N) is 1. The molecule has 0 radical (unpaired) electrons. The summed E-state index contributed by atoms with van der Waals surface area (Å²) >= 11 is 5.43. The van der Waals surface area contributed by atoms with Crippen LogP contribution in [0, 0.1) is 5.92 Å². The SMILES string of the molecule is C=C(CCC)N1N=C(c2cc(N(C=S)C3(C(=O)CC)CCC3)ccc2OCC)NC(=O)/C1=C(\C)C(C)CC. The quantitative estimate of drug-likeness (QED) is 0.229. The fraction of sp³-hybridized carbons (Fsp3) is 0.533. The average Bonchev–Trinajstić information content (AvgIpc) is 2.89. The summed E-state index contributed by atoms with van der Waals surface area (Å²) in [6.07, 6.45) is 5.47. The molecule has 1 amide bonds. The van der Waals surface area contributed by atoms with Gasteiger partial charge in [-0.2, -0.15) is 0 Å². The number of amidine groups is 1. The predicted octanol–water partition coefficient (Wildman–Crippen LogP) is 6.48. The summed E-state index contributed by atoms with van der Waals surface area (Å²) in [6, 6.07) is 5.68. The van der Waals surface area contributed by atoms with E-state index in [0.717, 1.165) is 49.1 Å². The van der Waals surface area contributed by atoms with Crippen molar-refractivity contribution in [3.05, 3.63) is 47.3 Å². The number of hydrogen-bond acceptors (Lipinski definition) is 6. The van der Waals surface area contributed by atoms with Crippen molar-refractivity contribution in [3.8, 4) is 5.75 Å². The number of carbonyl (C=O) groups is 2. The van der Waals surface area contributed by atoms with Gasteiger partial charge in [-0.3, -0.25) is 9.59 Å². The lowest BCUT2D eigenvalue weighted by molar-refractivity contribution is -0.126. The smallest absolute Gasteiger partial charge is 0.275 e. The molecule has 1 aromatic carbocycles. The molecule has 1 aliphatic carbocycles. The number of amides is 1. The minimum atomic E-state index is -0.622. The van der Waals surface area contributed by atoms with Crippen LogP contribution in [0.4, 0.5) is 5.69 Å². The zero-order chi connectivity index (χ0) is 28.0. The molecule has 3 rings (SSSR count). The minimum absolute atomic E-state index is 0.181. The molecular weight excluding hydrogens is 496 g/mol. The van der Waals surface area contributed by atoms with Gasteiger partial charge in [0.1, 0.15) is 17.0 Å². The highest BCUT2D eigenvalue weighted by Crippen LogP contribution is 2.42. The van der Waals surface area contributed by atoms with Gasteiger partial charge in [0.15, 0.2) is 11.6 Å². The second-order valence-corrected chi connectivity index (χ2v) is 10.3. The van der Waals surface area contributed by atoms with Crippen molar-refractivity contribution < 1.29 is 14.3 Å². The van der Waals surface area contributed by atoms with Crippen LogP contribution in [0.2, 0.25) is 0 Å². The number of hydrogen-bond donors (Lipinski definition) is 1. The van der Waals surface area contributed by atoms with Crippen LogP contribution in [0.25, 0.3) is 0 Å². The molecule has 206 valence electrons. The Bertz CT molecular complexity index is 1150. The average molecular weight is 539 g/mol. The number of hydrazone groups is 1. The van der Waals surface area contributed by atoms with E-state index in [1.54, 1.807) is 10.5 Å². The number of rotatable bonds is 13. The van der Waals surface area contributed by atoms with E-state index >= 15 is 0 Å². The third kappa shape index (κ3) is 5.55. The molecule has 1 fully saturated rings. The summed E-state index contributed by atoms with van der Waals surface area (Å²) in [5, 5.41) is 9.64. The number of ether oxygens (including phenoxy) is 1. The standard InChI is InChI=1S/C30H42N4O3S/c1-8-13-21(6)34-27(22(7)20(5)9-2)29(36)31-28(32-34)24-18-23(14-15-25(24)37-11-4)33(19-38)30(16-12-17-30)26(35)10-3/h14-15,18-20H,6,8-13,16-17H2,1-5,7H3,(H,31,32,36)/b27-22-. The Hall–Kier alpha value is -3.00. The van der Waals surface area contributed by atoms with Gasteiger partial charge in [0.25, 0.3) is 5.91 Å². The maximum absolute atomic E-state index is 13.6. The van der Waals surface area contributed by atoms with E-state index in [-0.39, 0.29) is 17.6 Å². The van der Waals surface area contributed by atoms with Crippen LogP contribution in [0.3, 0.4) is 0 Å². The fourth-order valence-corrected chi connectivity index (χ4v) is 5.43. The molecule has 0 spiro atoms. The summed E-state index contributed by atoms with van der Waals surface area (Å²) < 4.78 is 5.95. The molecule has 1 N–H and O–H groups in total. The Balaban J connectivity index is 2.18. The van der Waals surface area contributed by atoms with Crippen molar-refractivity contribution in [3.63, 3.8) is 0 Å². The summed E-state index contributed by atoms with van der Waals surface area (Å²) in [4.78, 5) is 28.5. The van der Waals surface area contributed by atoms with Crippen molar-refractivity contribution in [1.82, 2.24) is 10.3 Å². The van der Waals surface area contributed by atoms with Crippen LogP contribution in [0.5, 0.6) is 5.75 Å². The Kier molecular flexibility index (Phi) is 9.88. The van der Waals surface area contributed by atoms with Crippen LogP contribution in [0.1, 0.15) is 92.1 Å². The Labute approximate surface area is 233 Å². The monoisotopic (exact) mass is 538 g/mol. The number of carbonyl (C=O) groups excluding carboxylic acids is 2. The number of allylic oxidation sites excluding steroid dienone is 2. The van der Waals surface area contributed by atoms with Crippen LogP contribution in [-0.4, -0.2) is 40.2 Å². The first-order valence-corrected chi connectivity index (χ1v) is 14.3. The van der Waals surface area contributed by atoms with Gasteiger partial charge in [-0.15, -0.1) is 5.10 Å². The molecule has 7 nitrogen and oxygen atoms in total. The number of benzene rings is 1. The molecule has 1 aromatic rings. The van der Waals surface area contributed by atoms with Crippen LogP contribution >= 0.6 is 12.2 Å². The Morgan fingerprint density at radius 1 is 1.32 bits per heavy atom. The zero-order valence-corrected chi connectivity index (χ0v) is 24.5. The van der Waals surface area contributed by atoms with Crippen molar-refractivity contribution in [2.24, 2.45) is 11.0 Å². The molecule has 2 aliphatic rings. The number of ketones is 1. The Morgan fingerprint density at radius 3 is 2.55 bits per heavy atom.